The van der Waals surface area contributed by atoms with Crippen molar-refractivity contribution in [2.24, 2.45) is 0 Å². The number of ether oxygens (including phenoxy) is 1. The first-order chi connectivity index (χ1) is 6.60. The van der Waals surface area contributed by atoms with Crippen LogP contribution in [-0.4, -0.2) is 17.8 Å². The molecule has 1 aliphatic rings. The number of thiophene rings is 1. The lowest BCUT2D eigenvalue weighted by Gasteiger charge is -2.34. The fraction of sp³-hybridized carbons (Fsp3) is 0.636. The largest absolute Gasteiger partial charge is 0.384 e. The van der Waals surface area contributed by atoms with E-state index in [0.717, 1.165) is 11.3 Å². The predicted octanol–water partition coefficient (Wildman–Crippen LogP) is 2.44. The lowest BCUT2D eigenvalue weighted by Crippen LogP contribution is -2.36. The van der Waals surface area contributed by atoms with Crippen LogP contribution in [0, 0.1) is 6.92 Å². The van der Waals surface area contributed by atoms with Crippen LogP contribution in [0.4, 0.5) is 0 Å². The molecule has 14 heavy (non-hydrogen) atoms. The molecule has 2 atom stereocenters. The molecule has 2 unspecified atom stereocenters. The summed E-state index contributed by atoms with van der Waals surface area (Å²) in [5.74, 6) is 0. The Bertz CT molecular complexity index is 321. The van der Waals surface area contributed by atoms with Crippen molar-refractivity contribution in [3.63, 3.8) is 0 Å². The Morgan fingerprint density at radius 3 is 2.93 bits per heavy atom. The first kappa shape index (κ1) is 10.1. The maximum absolute atomic E-state index is 10.5. The zero-order valence-electron chi connectivity index (χ0n) is 8.62. The predicted molar refractivity (Wildman–Crippen MR) is 57.6 cm³/mol. The highest BCUT2D eigenvalue weighted by molar-refractivity contribution is 7.12. The second kappa shape index (κ2) is 3.65. The Balaban J connectivity index is 2.22. The minimum atomic E-state index is -0.642. The van der Waals surface area contributed by atoms with Gasteiger partial charge < -0.3 is 9.84 Å². The topological polar surface area (TPSA) is 29.5 Å². The van der Waals surface area contributed by atoms with Crippen molar-refractivity contribution in [2.45, 2.75) is 38.4 Å². The molecule has 2 nitrogen and oxygen atoms in total. The normalized spacial score (nSPS) is 33.2. The summed E-state index contributed by atoms with van der Waals surface area (Å²) in [6.45, 7) is 4.75. The Kier molecular flexibility index (Phi) is 2.64. The molecule has 1 aromatic rings. The van der Waals surface area contributed by atoms with E-state index in [0.29, 0.717) is 13.0 Å². The summed E-state index contributed by atoms with van der Waals surface area (Å²) < 4.78 is 5.45. The van der Waals surface area contributed by atoms with Crippen LogP contribution in [0.2, 0.25) is 0 Å². The van der Waals surface area contributed by atoms with Crippen LogP contribution in [0.3, 0.4) is 0 Å². The molecule has 0 saturated carbocycles. The lowest BCUT2D eigenvalue weighted by atomic mass is 9.89. The highest BCUT2D eigenvalue weighted by Crippen LogP contribution is 2.37. The van der Waals surface area contributed by atoms with Crippen LogP contribution >= 0.6 is 11.3 Å². The van der Waals surface area contributed by atoms with Crippen LogP contribution < -0.4 is 0 Å². The van der Waals surface area contributed by atoms with Gasteiger partial charge in [0, 0.05) is 22.6 Å². The van der Waals surface area contributed by atoms with Gasteiger partial charge in [0.05, 0.1) is 12.7 Å². The van der Waals surface area contributed by atoms with E-state index >= 15 is 0 Å². The third-order valence-electron chi connectivity index (χ3n) is 2.74. The van der Waals surface area contributed by atoms with Gasteiger partial charge in [0.2, 0.25) is 0 Å². The second-order valence-electron chi connectivity index (χ2n) is 4.08. The molecule has 0 amide bonds. The maximum Gasteiger partial charge on any atom is 0.103 e. The van der Waals surface area contributed by atoms with Crippen LogP contribution in [0.5, 0.6) is 0 Å². The smallest absolute Gasteiger partial charge is 0.103 e. The summed E-state index contributed by atoms with van der Waals surface area (Å²) in [5, 5.41) is 10.5. The van der Waals surface area contributed by atoms with Gasteiger partial charge in [-0.05, 0) is 26.0 Å². The average Bonchev–Trinajstić information content (AvgIpc) is 2.52. The molecule has 1 saturated heterocycles. The summed E-state index contributed by atoms with van der Waals surface area (Å²) in [7, 11) is 0. The summed E-state index contributed by atoms with van der Waals surface area (Å²) in [6.07, 6.45) is 1.60. The molecule has 1 N–H and O–H groups in total. The molecule has 0 aromatic carbocycles. The number of hydrogen-bond donors (Lipinski definition) is 1. The Morgan fingerprint density at radius 1 is 1.57 bits per heavy atom. The van der Waals surface area contributed by atoms with E-state index in [2.05, 4.69) is 13.0 Å². The molecule has 2 heterocycles. The van der Waals surface area contributed by atoms with Gasteiger partial charge >= 0.3 is 0 Å². The van der Waals surface area contributed by atoms with Crippen LogP contribution in [-0.2, 0) is 10.3 Å². The standard InChI is InChI=1S/C11H16O2S/c1-8-7-11(12,5-6-13-8)10-4-3-9(2)14-10/h3-4,8,12H,5-7H2,1-2H3. The Hall–Kier alpha value is -0.380. The Labute approximate surface area is 88.5 Å². The molecule has 0 spiro atoms. The van der Waals surface area contributed by atoms with Crippen molar-refractivity contribution < 1.29 is 9.84 Å². The van der Waals surface area contributed by atoms with E-state index in [4.69, 9.17) is 4.74 Å². The molecule has 0 bridgehead atoms. The van der Waals surface area contributed by atoms with Crippen molar-refractivity contribution in [1.82, 2.24) is 0 Å². The molecule has 1 aromatic heterocycles. The summed E-state index contributed by atoms with van der Waals surface area (Å²) in [4.78, 5) is 2.35. The fourth-order valence-electron chi connectivity index (χ4n) is 1.97. The van der Waals surface area contributed by atoms with Crippen LogP contribution in [0.25, 0.3) is 0 Å². The van der Waals surface area contributed by atoms with E-state index in [-0.39, 0.29) is 6.10 Å². The molecule has 1 fully saturated rings. The van der Waals surface area contributed by atoms with Crippen LogP contribution in [0.1, 0.15) is 29.5 Å². The van der Waals surface area contributed by atoms with Crippen molar-refractivity contribution in [3.8, 4) is 0 Å². The van der Waals surface area contributed by atoms with Gasteiger partial charge in [0.1, 0.15) is 5.60 Å². The SMILES string of the molecule is Cc1ccc(C2(O)CCOC(C)C2)s1. The summed E-state index contributed by atoms with van der Waals surface area (Å²) in [6, 6.07) is 4.11. The highest BCUT2D eigenvalue weighted by Gasteiger charge is 2.35. The minimum Gasteiger partial charge on any atom is -0.384 e. The van der Waals surface area contributed by atoms with Gasteiger partial charge in [-0.3, -0.25) is 0 Å². The number of hydrogen-bond acceptors (Lipinski definition) is 3. The zero-order valence-corrected chi connectivity index (χ0v) is 9.43. The highest BCUT2D eigenvalue weighted by atomic mass is 32.1. The van der Waals surface area contributed by atoms with Crippen molar-refractivity contribution in [3.05, 3.63) is 21.9 Å². The first-order valence-corrected chi connectivity index (χ1v) is 5.83. The molecule has 2 rings (SSSR count). The first-order valence-electron chi connectivity index (χ1n) is 5.01. The van der Waals surface area contributed by atoms with Gasteiger partial charge in [-0.25, -0.2) is 0 Å². The fourth-order valence-corrected chi connectivity index (χ4v) is 2.97. The number of aliphatic hydroxyl groups is 1. The third-order valence-corrected chi connectivity index (χ3v) is 3.94. The zero-order chi connectivity index (χ0) is 10.2. The van der Waals surface area contributed by atoms with E-state index in [9.17, 15) is 5.11 Å². The molecular formula is C11H16O2S. The summed E-state index contributed by atoms with van der Waals surface area (Å²) in [5.41, 5.74) is -0.642. The van der Waals surface area contributed by atoms with Crippen LogP contribution in [0.15, 0.2) is 12.1 Å². The molecule has 0 radical (unpaired) electrons. The maximum atomic E-state index is 10.5. The van der Waals surface area contributed by atoms with Gasteiger partial charge in [-0.2, -0.15) is 0 Å². The van der Waals surface area contributed by atoms with E-state index in [1.165, 1.54) is 4.88 Å². The van der Waals surface area contributed by atoms with Crippen molar-refractivity contribution in [1.29, 1.82) is 0 Å². The van der Waals surface area contributed by atoms with Gasteiger partial charge in [-0.1, -0.05) is 0 Å². The van der Waals surface area contributed by atoms with Gasteiger partial charge in [0.25, 0.3) is 0 Å². The lowest BCUT2D eigenvalue weighted by molar-refractivity contribution is -0.0994. The second-order valence-corrected chi connectivity index (χ2v) is 5.37. The quantitative estimate of drug-likeness (QED) is 0.774. The van der Waals surface area contributed by atoms with E-state index in [1.54, 1.807) is 11.3 Å². The number of rotatable bonds is 1. The molecule has 1 aliphatic heterocycles. The van der Waals surface area contributed by atoms with Gasteiger partial charge in [0.15, 0.2) is 0 Å². The Morgan fingerprint density at radius 2 is 2.36 bits per heavy atom. The van der Waals surface area contributed by atoms with E-state index < -0.39 is 5.60 Å². The van der Waals surface area contributed by atoms with Gasteiger partial charge in [-0.15, -0.1) is 11.3 Å². The minimum absolute atomic E-state index is 0.163. The number of aryl methyl sites for hydroxylation is 1. The van der Waals surface area contributed by atoms with E-state index in [1.807, 2.05) is 13.0 Å². The average molecular weight is 212 g/mol. The van der Waals surface area contributed by atoms with Crippen molar-refractivity contribution >= 4 is 11.3 Å². The third kappa shape index (κ3) is 1.85. The summed E-state index contributed by atoms with van der Waals surface area (Å²) >= 11 is 1.69. The molecule has 3 heteroatoms. The monoisotopic (exact) mass is 212 g/mol. The molecule has 78 valence electrons. The van der Waals surface area contributed by atoms with Crippen molar-refractivity contribution in [2.75, 3.05) is 6.61 Å². The molecule has 0 aliphatic carbocycles. The molecular weight excluding hydrogens is 196 g/mol.